The number of hydrogen-bond acceptors (Lipinski definition) is 6. The highest BCUT2D eigenvalue weighted by atomic mass is 32.1. The molecule has 3 aromatic rings. The van der Waals surface area contributed by atoms with Gasteiger partial charge >= 0.3 is 0 Å². The molecule has 7 nitrogen and oxygen atoms in total. The van der Waals surface area contributed by atoms with E-state index in [1.165, 1.54) is 11.3 Å². The second kappa shape index (κ2) is 7.18. The first-order chi connectivity index (χ1) is 12.0. The minimum Gasteiger partial charge on any atom is -0.374 e. The fourth-order valence-electron chi connectivity index (χ4n) is 2.80. The van der Waals surface area contributed by atoms with Crippen molar-refractivity contribution < 1.29 is 4.79 Å². The largest absolute Gasteiger partial charge is 0.374 e. The predicted octanol–water partition coefficient (Wildman–Crippen LogP) is 2.55. The van der Waals surface area contributed by atoms with Gasteiger partial charge in [0.05, 0.1) is 17.6 Å². The number of nitrogens with two attached hydrogens (primary N) is 1. The maximum atomic E-state index is 12.7. The molecule has 0 fully saturated rings. The number of benzene rings is 1. The van der Waals surface area contributed by atoms with Crippen LogP contribution in [0.5, 0.6) is 0 Å². The van der Waals surface area contributed by atoms with Gasteiger partial charge in [0.15, 0.2) is 0 Å². The predicted molar refractivity (Wildman–Crippen MR) is 99.2 cm³/mol. The number of para-hydroxylation sites is 2. The van der Waals surface area contributed by atoms with Gasteiger partial charge < -0.3 is 15.6 Å². The Morgan fingerprint density at radius 2 is 2.04 bits per heavy atom. The molecule has 0 spiro atoms. The lowest BCUT2D eigenvalue weighted by molar-refractivity contribution is -0.124. The molecule has 1 amide bonds. The molecule has 3 rings (SSSR count). The summed E-state index contributed by atoms with van der Waals surface area (Å²) >= 11 is 1.27. The zero-order chi connectivity index (χ0) is 18.0. The smallest absolute Gasteiger partial charge is 0.243 e. The van der Waals surface area contributed by atoms with Crippen molar-refractivity contribution in [2.45, 2.75) is 39.8 Å². The van der Waals surface area contributed by atoms with Gasteiger partial charge in [-0.05, 0) is 25.0 Å². The number of carbonyl (C=O) groups excluding carboxylic acids is 1. The van der Waals surface area contributed by atoms with Crippen LogP contribution in [0.1, 0.15) is 37.6 Å². The molecule has 1 atom stereocenters. The molecule has 1 aromatic carbocycles. The highest BCUT2D eigenvalue weighted by molar-refractivity contribution is 7.15. The zero-order valence-electron chi connectivity index (χ0n) is 14.6. The van der Waals surface area contributed by atoms with E-state index in [0.717, 1.165) is 23.3 Å². The number of carbonyl (C=O) groups is 1. The van der Waals surface area contributed by atoms with Crippen molar-refractivity contribution in [3.05, 3.63) is 35.1 Å². The van der Waals surface area contributed by atoms with Crippen LogP contribution in [0.4, 0.5) is 5.13 Å². The van der Waals surface area contributed by atoms with Gasteiger partial charge in [0.2, 0.25) is 11.0 Å². The van der Waals surface area contributed by atoms with Gasteiger partial charge in [-0.15, -0.1) is 10.2 Å². The van der Waals surface area contributed by atoms with E-state index < -0.39 is 0 Å². The summed E-state index contributed by atoms with van der Waals surface area (Å²) in [6, 6.07) is 7.54. The lowest BCUT2D eigenvalue weighted by atomic mass is 10.1. The summed E-state index contributed by atoms with van der Waals surface area (Å²) < 4.78 is 2.03. The van der Waals surface area contributed by atoms with Gasteiger partial charge in [0.25, 0.3) is 0 Å². The van der Waals surface area contributed by atoms with Crippen LogP contribution in [0.3, 0.4) is 0 Å². The van der Waals surface area contributed by atoms with Crippen LogP contribution in [0.15, 0.2) is 24.3 Å². The van der Waals surface area contributed by atoms with E-state index in [-0.39, 0.29) is 11.9 Å². The van der Waals surface area contributed by atoms with E-state index >= 15 is 0 Å². The lowest BCUT2D eigenvalue weighted by Gasteiger charge is -2.18. The van der Waals surface area contributed by atoms with Gasteiger partial charge in [0.1, 0.15) is 16.9 Å². The molecule has 8 heteroatoms. The van der Waals surface area contributed by atoms with Crippen molar-refractivity contribution in [3.8, 4) is 0 Å². The summed E-state index contributed by atoms with van der Waals surface area (Å²) in [4.78, 5) is 17.4. The molecule has 25 heavy (non-hydrogen) atoms. The molecule has 1 unspecified atom stereocenters. The molecular weight excluding hydrogens is 336 g/mol. The third kappa shape index (κ3) is 3.79. The van der Waals surface area contributed by atoms with Crippen molar-refractivity contribution >= 4 is 33.4 Å². The Morgan fingerprint density at radius 3 is 2.72 bits per heavy atom. The maximum Gasteiger partial charge on any atom is 0.243 e. The first-order valence-electron chi connectivity index (χ1n) is 8.27. The van der Waals surface area contributed by atoms with E-state index in [4.69, 9.17) is 10.7 Å². The molecule has 0 aliphatic carbocycles. The Morgan fingerprint density at radius 1 is 1.28 bits per heavy atom. The van der Waals surface area contributed by atoms with Crippen molar-refractivity contribution in [1.82, 2.24) is 25.1 Å². The minimum atomic E-state index is -0.369. The van der Waals surface area contributed by atoms with Crippen molar-refractivity contribution in [1.29, 1.82) is 0 Å². The number of hydrogen-bond donors (Lipinski definition) is 2. The summed E-state index contributed by atoms with van der Waals surface area (Å²) in [6.07, 6.45) is 0.819. The van der Waals surface area contributed by atoms with Gasteiger partial charge in [-0.2, -0.15) is 0 Å². The van der Waals surface area contributed by atoms with Gasteiger partial charge in [-0.1, -0.05) is 37.3 Å². The number of nitrogen functional groups attached to an aromatic ring is 1. The third-order valence-electron chi connectivity index (χ3n) is 3.92. The Labute approximate surface area is 150 Å². The molecule has 0 aliphatic heterocycles. The minimum absolute atomic E-state index is 0.0815. The van der Waals surface area contributed by atoms with Crippen molar-refractivity contribution in [2.75, 3.05) is 5.73 Å². The van der Waals surface area contributed by atoms with Crippen LogP contribution in [-0.2, 0) is 17.8 Å². The molecule has 0 saturated carbocycles. The third-order valence-corrected chi connectivity index (χ3v) is 4.68. The number of aromatic nitrogens is 4. The van der Waals surface area contributed by atoms with Crippen LogP contribution >= 0.6 is 11.3 Å². The molecule has 2 heterocycles. The number of amides is 1. The first kappa shape index (κ1) is 17.3. The second-order valence-corrected chi connectivity index (χ2v) is 7.51. The van der Waals surface area contributed by atoms with Crippen molar-refractivity contribution in [2.24, 2.45) is 5.92 Å². The molecule has 2 aromatic heterocycles. The fourth-order valence-corrected chi connectivity index (χ4v) is 3.35. The first-order valence-corrected chi connectivity index (χ1v) is 9.08. The number of nitrogens with zero attached hydrogens (tertiary/aromatic N) is 4. The number of imidazole rings is 1. The average Bonchev–Trinajstić information content (AvgIpc) is 3.14. The number of fused-ring (bicyclic) bond motifs is 1. The summed E-state index contributed by atoms with van der Waals surface area (Å²) in [6.45, 7) is 6.51. The summed E-state index contributed by atoms with van der Waals surface area (Å²) in [5, 5.41) is 11.7. The van der Waals surface area contributed by atoms with Crippen LogP contribution in [0.25, 0.3) is 11.0 Å². The molecule has 132 valence electrons. The molecule has 0 bridgehead atoms. The molecule has 3 N–H and O–H groups in total. The van der Waals surface area contributed by atoms with Crippen LogP contribution in [0, 0.1) is 5.92 Å². The Kier molecular flexibility index (Phi) is 4.98. The normalized spacial score (nSPS) is 12.6. The summed E-state index contributed by atoms with van der Waals surface area (Å²) in [5.41, 5.74) is 7.46. The van der Waals surface area contributed by atoms with Crippen LogP contribution in [0.2, 0.25) is 0 Å². The van der Waals surface area contributed by atoms with E-state index in [9.17, 15) is 4.79 Å². The number of rotatable bonds is 6. The van der Waals surface area contributed by atoms with Crippen LogP contribution < -0.4 is 11.1 Å². The highest BCUT2D eigenvalue weighted by Crippen LogP contribution is 2.23. The maximum absolute atomic E-state index is 12.7. The quantitative estimate of drug-likeness (QED) is 0.705. The lowest BCUT2D eigenvalue weighted by Crippen LogP contribution is -2.31. The topological polar surface area (TPSA) is 98.7 Å². The Hall–Kier alpha value is -2.48. The van der Waals surface area contributed by atoms with E-state index in [2.05, 4.69) is 29.4 Å². The van der Waals surface area contributed by atoms with Gasteiger partial charge in [-0.3, -0.25) is 4.79 Å². The van der Waals surface area contributed by atoms with Crippen LogP contribution in [-0.4, -0.2) is 25.7 Å². The Bertz CT molecular complexity index is 884. The van der Waals surface area contributed by atoms with Gasteiger partial charge in [0, 0.05) is 6.42 Å². The van der Waals surface area contributed by atoms with Gasteiger partial charge in [-0.25, -0.2) is 4.98 Å². The van der Waals surface area contributed by atoms with E-state index in [1.54, 1.807) is 0 Å². The molecule has 0 aliphatic rings. The zero-order valence-corrected chi connectivity index (χ0v) is 15.4. The van der Waals surface area contributed by atoms with E-state index in [1.807, 2.05) is 35.8 Å². The fraction of sp³-hybridized carbons (Fsp3) is 0.412. The average molecular weight is 358 g/mol. The molecular formula is C17H22N6OS. The SMILES string of the molecule is CC(C)Cc1nc2ccccc2n1C(C)C(=O)NCc1nnc(N)s1. The summed E-state index contributed by atoms with van der Waals surface area (Å²) in [5.74, 6) is 1.30. The molecule has 0 saturated heterocycles. The monoisotopic (exact) mass is 358 g/mol. The van der Waals surface area contributed by atoms with E-state index in [0.29, 0.717) is 22.6 Å². The summed E-state index contributed by atoms with van der Waals surface area (Å²) in [7, 11) is 0. The standard InChI is InChI=1S/C17H22N6OS/c1-10(2)8-14-20-12-6-4-5-7-13(12)23(14)11(3)16(24)19-9-15-21-22-17(18)25-15/h4-7,10-11H,8-9H2,1-3H3,(H2,18,22)(H,19,24). The number of anilines is 1. The Balaban J connectivity index is 1.84. The van der Waals surface area contributed by atoms with Crippen molar-refractivity contribution in [3.63, 3.8) is 0 Å². The second-order valence-electron chi connectivity index (χ2n) is 6.41. The molecule has 0 radical (unpaired) electrons. The number of nitrogens with one attached hydrogen (secondary N) is 1. The highest BCUT2D eigenvalue weighted by Gasteiger charge is 2.22.